The van der Waals surface area contributed by atoms with E-state index in [1.54, 1.807) is 6.07 Å². The number of aromatic hydroxyl groups is 2. The molecule has 3 N–H and O–H groups in total. The smallest absolute Gasteiger partial charge is 0.124 e. The Kier molecular flexibility index (Phi) is 6.40. The first-order valence-electron chi connectivity index (χ1n) is 6.72. The predicted octanol–water partition coefficient (Wildman–Crippen LogP) is 2.30. The monoisotopic (exact) mass is 320 g/mol. The fourth-order valence-electron chi connectivity index (χ4n) is 2.90. The maximum atomic E-state index is 10.1. The summed E-state index contributed by atoms with van der Waals surface area (Å²) >= 11 is 0. The van der Waals surface area contributed by atoms with Gasteiger partial charge in [0.15, 0.2) is 0 Å². The summed E-state index contributed by atoms with van der Waals surface area (Å²) in [6.45, 7) is 4.09. The highest BCUT2D eigenvalue weighted by molar-refractivity contribution is 5.85. The number of rotatable bonds is 3. The van der Waals surface area contributed by atoms with Crippen molar-refractivity contribution < 1.29 is 10.2 Å². The van der Waals surface area contributed by atoms with E-state index >= 15 is 0 Å². The molecule has 1 aliphatic carbocycles. The van der Waals surface area contributed by atoms with Gasteiger partial charge in [-0.05, 0) is 24.8 Å². The Labute approximate surface area is 132 Å². The van der Waals surface area contributed by atoms with Gasteiger partial charge >= 0.3 is 0 Å². The van der Waals surface area contributed by atoms with Crippen LogP contribution in [-0.4, -0.2) is 41.3 Å². The van der Waals surface area contributed by atoms with E-state index in [-0.39, 0.29) is 36.3 Å². The maximum absolute atomic E-state index is 10.1. The Bertz CT molecular complexity index is 435. The van der Waals surface area contributed by atoms with Gasteiger partial charge in [-0.25, -0.2) is 0 Å². The number of phenolic OH excluding ortho intramolecular Hbond substituents is 2. The van der Waals surface area contributed by atoms with Crippen molar-refractivity contribution in [2.24, 2.45) is 5.92 Å². The molecular formula is C14H22Cl2N2O2. The molecule has 2 fully saturated rings. The van der Waals surface area contributed by atoms with Crippen LogP contribution in [0.3, 0.4) is 0 Å². The Balaban J connectivity index is 0.000001000. The van der Waals surface area contributed by atoms with Gasteiger partial charge in [0.05, 0.1) is 0 Å². The molecule has 1 saturated heterocycles. The van der Waals surface area contributed by atoms with Crippen LogP contribution in [0.4, 0.5) is 0 Å². The number of phenols is 2. The summed E-state index contributed by atoms with van der Waals surface area (Å²) in [6, 6.07) is 5.31. The first-order chi connectivity index (χ1) is 8.75. The molecule has 1 heterocycles. The molecule has 0 radical (unpaired) electrons. The van der Waals surface area contributed by atoms with Gasteiger partial charge in [0.25, 0.3) is 0 Å². The van der Waals surface area contributed by atoms with E-state index in [0.29, 0.717) is 12.0 Å². The number of benzene rings is 1. The molecule has 6 heteroatoms. The summed E-state index contributed by atoms with van der Waals surface area (Å²) in [5.74, 6) is 1.02. The molecule has 1 aromatic rings. The molecular weight excluding hydrogens is 299 g/mol. The van der Waals surface area contributed by atoms with E-state index in [1.807, 2.05) is 6.07 Å². The van der Waals surface area contributed by atoms with Crippen molar-refractivity contribution in [1.82, 2.24) is 10.2 Å². The van der Waals surface area contributed by atoms with E-state index in [4.69, 9.17) is 0 Å². The fraction of sp³-hybridized carbons (Fsp3) is 0.571. The predicted molar refractivity (Wildman–Crippen MR) is 84.2 cm³/mol. The highest BCUT2D eigenvalue weighted by Crippen LogP contribution is 2.47. The van der Waals surface area contributed by atoms with E-state index in [9.17, 15) is 10.2 Å². The van der Waals surface area contributed by atoms with Gasteiger partial charge in [-0.15, -0.1) is 24.8 Å². The van der Waals surface area contributed by atoms with Gasteiger partial charge in [-0.2, -0.15) is 0 Å². The number of piperazine rings is 1. The average Bonchev–Trinajstić information content (AvgIpc) is 3.18. The summed E-state index contributed by atoms with van der Waals surface area (Å²) in [5.41, 5.74) is 0.970. The number of hydrogen-bond donors (Lipinski definition) is 3. The van der Waals surface area contributed by atoms with Gasteiger partial charge in [-0.3, -0.25) is 4.90 Å². The first kappa shape index (κ1) is 17.4. The highest BCUT2D eigenvalue weighted by atomic mass is 35.5. The summed E-state index contributed by atoms with van der Waals surface area (Å²) in [6.07, 6.45) is 2.49. The van der Waals surface area contributed by atoms with Gasteiger partial charge < -0.3 is 15.5 Å². The van der Waals surface area contributed by atoms with Crippen LogP contribution in [0.25, 0.3) is 0 Å². The maximum Gasteiger partial charge on any atom is 0.124 e. The van der Waals surface area contributed by atoms with Crippen molar-refractivity contribution in [2.75, 3.05) is 26.2 Å². The summed E-state index contributed by atoms with van der Waals surface area (Å²) in [5, 5.41) is 22.8. The zero-order valence-corrected chi connectivity index (χ0v) is 12.9. The second-order valence-corrected chi connectivity index (χ2v) is 5.31. The molecule has 1 atom stereocenters. The van der Waals surface area contributed by atoms with Crippen LogP contribution in [0.1, 0.15) is 24.4 Å². The van der Waals surface area contributed by atoms with Crippen molar-refractivity contribution in [3.8, 4) is 11.5 Å². The lowest BCUT2D eigenvalue weighted by molar-refractivity contribution is 0.153. The topological polar surface area (TPSA) is 55.7 Å². The average molecular weight is 321 g/mol. The zero-order valence-electron chi connectivity index (χ0n) is 11.3. The minimum absolute atomic E-state index is 0. The number of halogens is 2. The largest absolute Gasteiger partial charge is 0.508 e. The van der Waals surface area contributed by atoms with Crippen LogP contribution < -0.4 is 5.32 Å². The van der Waals surface area contributed by atoms with Crippen molar-refractivity contribution in [3.05, 3.63) is 23.8 Å². The van der Waals surface area contributed by atoms with Gasteiger partial charge in [0.2, 0.25) is 0 Å². The molecule has 1 aromatic carbocycles. The van der Waals surface area contributed by atoms with E-state index in [2.05, 4.69) is 10.2 Å². The number of hydrogen-bond acceptors (Lipinski definition) is 4. The third-order valence-electron chi connectivity index (χ3n) is 3.95. The first-order valence-corrected chi connectivity index (χ1v) is 6.72. The molecule has 3 rings (SSSR count). The van der Waals surface area contributed by atoms with Gasteiger partial charge in [-0.1, -0.05) is 6.07 Å². The minimum Gasteiger partial charge on any atom is -0.508 e. The van der Waals surface area contributed by atoms with Crippen molar-refractivity contribution >= 4 is 24.8 Å². The van der Waals surface area contributed by atoms with Crippen LogP contribution in [0.2, 0.25) is 0 Å². The molecule has 0 aromatic heterocycles. The molecule has 0 spiro atoms. The summed E-state index contributed by atoms with van der Waals surface area (Å²) in [4.78, 5) is 2.46. The molecule has 0 amide bonds. The number of nitrogens with one attached hydrogen (secondary N) is 1. The fourth-order valence-corrected chi connectivity index (χ4v) is 2.90. The third kappa shape index (κ3) is 3.70. The summed E-state index contributed by atoms with van der Waals surface area (Å²) < 4.78 is 0. The minimum atomic E-state index is 0. The SMILES string of the molecule is Cl.Cl.Oc1ccc([C@@H](C2CC2)N2CCNCC2)c(O)c1. The van der Waals surface area contributed by atoms with Crippen LogP contribution in [-0.2, 0) is 0 Å². The lowest BCUT2D eigenvalue weighted by Crippen LogP contribution is -2.45. The Morgan fingerprint density at radius 3 is 2.30 bits per heavy atom. The molecule has 0 unspecified atom stereocenters. The second kappa shape index (κ2) is 7.36. The van der Waals surface area contributed by atoms with Crippen LogP contribution in [0.5, 0.6) is 11.5 Å². The molecule has 114 valence electrons. The van der Waals surface area contributed by atoms with Crippen molar-refractivity contribution in [2.45, 2.75) is 18.9 Å². The van der Waals surface area contributed by atoms with Crippen LogP contribution in [0.15, 0.2) is 18.2 Å². The molecule has 2 aliphatic rings. The van der Waals surface area contributed by atoms with Crippen molar-refractivity contribution in [1.29, 1.82) is 0 Å². The third-order valence-corrected chi connectivity index (χ3v) is 3.95. The van der Waals surface area contributed by atoms with Crippen LogP contribution in [0, 0.1) is 5.92 Å². The summed E-state index contributed by atoms with van der Waals surface area (Å²) in [7, 11) is 0. The number of nitrogens with zero attached hydrogens (tertiary/aromatic N) is 1. The lowest BCUT2D eigenvalue weighted by atomic mass is 9.98. The zero-order chi connectivity index (χ0) is 12.5. The van der Waals surface area contributed by atoms with Gasteiger partial charge in [0.1, 0.15) is 11.5 Å². The normalized spacial score (nSPS) is 20.6. The van der Waals surface area contributed by atoms with E-state index in [1.165, 1.54) is 18.9 Å². The van der Waals surface area contributed by atoms with Crippen LogP contribution >= 0.6 is 24.8 Å². The van der Waals surface area contributed by atoms with E-state index in [0.717, 1.165) is 31.7 Å². The van der Waals surface area contributed by atoms with E-state index < -0.39 is 0 Å². The second-order valence-electron chi connectivity index (χ2n) is 5.31. The molecule has 0 bridgehead atoms. The van der Waals surface area contributed by atoms with Gasteiger partial charge in [0, 0.05) is 43.9 Å². The lowest BCUT2D eigenvalue weighted by Gasteiger charge is -2.35. The Morgan fingerprint density at radius 2 is 1.75 bits per heavy atom. The quantitative estimate of drug-likeness (QED) is 0.800. The molecule has 20 heavy (non-hydrogen) atoms. The standard InChI is InChI=1S/C14H20N2O2.2ClH/c17-11-3-4-12(13(18)9-11)14(10-1-2-10)16-7-5-15-6-8-16;;/h3-4,9-10,14-15,17-18H,1-2,5-8H2;2*1H/t14-;;/m1../s1. The molecule has 1 saturated carbocycles. The Morgan fingerprint density at radius 1 is 1.10 bits per heavy atom. The van der Waals surface area contributed by atoms with Crippen molar-refractivity contribution in [3.63, 3.8) is 0 Å². The molecule has 1 aliphatic heterocycles. The molecule has 4 nitrogen and oxygen atoms in total. The highest BCUT2D eigenvalue weighted by Gasteiger charge is 2.37. The Hall–Kier alpha value is -0.680.